The van der Waals surface area contributed by atoms with Crippen molar-refractivity contribution in [2.24, 2.45) is 5.16 Å². The molecule has 1 atom stereocenters. The molecule has 6 nitrogen and oxygen atoms in total. The third-order valence-corrected chi connectivity index (χ3v) is 5.04. The van der Waals surface area contributed by atoms with Gasteiger partial charge in [-0.05, 0) is 29.8 Å². The average molecular weight is 455 g/mol. The van der Waals surface area contributed by atoms with Crippen molar-refractivity contribution < 1.29 is 14.4 Å². The Morgan fingerprint density at radius 1 is 1.21 bits per heavy atom. The van der Waals surface area contributed by atoms with E-state index in [0.717, 1.165) is 5.56 Å². The van der Waals surface area contributed by atoms with E-state index in [0.29, 0.717) is 34.0 Å². The lowest BCUT2D eigenvalue weighted by Gasteiger charge is -2.15. The number of halogens is 3. The lowest BCUT2D eigenvalue weighted by molar-refractivity contribution is -0.114. The van der Waals surface area contributed by atoms with Crippen LogP contribution in [0.4, 0.5) is 5.69 Å². The highest BCUT2D eigenvalue weighted by atomic mass is 35.5. The lowest BCUT2D eigenvalue weighted by Crippen LogP contribution is -2.24. The number of anilines is 1. The molecule has 1 aliphatic rings. The summed E-state index contributed by atoms with van der Waals surface area (Å²) in [5.41, 5.74) is 2.95. The number of alkyl halides is 2. The molecule has 2 amide bonds. The standard InChI is InChI=1S/C20H18Cl3N3O3/c1-26(2)20(28)13-7-4-8-14(21)17(13)15-10-16(29-25-15)11-5-3-6-12(9-11)24-19(27)18(22)23/h3-9,16,18H,10H2,1-2H3,(H,24,27). The zero-order chi connectivity index (χ0) is 21.1. The Morgan fingerprint density at radius 3 is 2.62 bits per heavy atom. The number of hydrogen-bond acceptors (Lipinski definition) is 4. The van der Waals surface area contributed by atoms with Gasteiger partial charge in [0.05, 0.1) is 16.3 Å². The molecular weight excluding hydrogens is 437 g/mol. The predicted octanol–water partition coefficient (Wildman–Crippen LogP) is 4.65. The normalized spacial score (nSPS) is 15.7. The summed E-state index contributed by atoms with van der Waals surface area (Å²) in [5, 5.41) is 7.23. The van der Waals surface area contributed by atoms with Gasteiger partial charge in [-0.3, -0.25) is 9.59 Å². The molecule has 0 saturated heterocycles. The van der Waals surface area contributed by atoms with Crippen LogP contribution < -0.4 is 5.32 Å². The predicted molar refractivity (Wildman–Crippen MR) is 115 cm³/mol. The molecule has 0 fully saturated rings. The zero-order valence-electron chi connectivity index (χ0n) is 15.7. The molecular formula is C20H18Cl3N3O3. The second-order valence-electron chi connectivity index (χ2n) is 6.61. The highest BCUT2D eigenvalue weighted by molar-refractivity contribution is 6.54. The Balaban J connectivity index is 1.83. The van der Waals surface area contributed by atoms with Crippen LogP contribution in [-0.2, 0) is 9.63 Å². The number of amides is 2. The van der Waals surface area contributed by atoms with Gasteiger partial charge in [0.15, 0.2) is 10.9 Å². The van der Waals surface area contributed by atoms with Gasteiger partial charge in [0, 0.05) is 31.8 Å². The van der Waals surface area contributed by atoms with E-state index in [1.165, 1.54) is 4.90 Å². The van der Waals surface area contributed by atoms with E-state index < -0.39 is 10.7 Å². The molecule has 1 unspecified atom stereocenters. The second kappa shape index (κ2) is 9.03. The average Bonchev–Trinajstić information content (AvgIpc) is 3.17. The Kier molecular flexibility index (Phi) is 6.67. The van der Waals surface area contributed by atoms with Crippen molar-refractivity contribution in [3.63, 3.8) is 0 Å². The zero-order valence-corrected chi connectivity index (χ0v) is 17.9. The van der Waals surface area contributed by atoms with Crippen LogP contribution in [0.5, 0.6) is 0 Å². The van der Waals surface area contributed by atoms with Crippen LogP contribution in [0.15, 0.2) is 47.6 Å². The van der Waals surface area contributed by atoms with Gasteiger partial charge in [0.25, 0.3) is 11.8 Å². The van der Waals surface area contributed by atoms with E-state index in [9.17, 15) is 9.59 Å². The van der Waals surface area contributed by atoms with E-state index in [1.54, 1.807) is 50.5 Å². The number of hydrogen-bond donors (Lipinski definition) is 1. The number of carbonyl (C=O) groups is 2. The Bertz CT molecular complexity index is 976. The lowest BCUT2D eigenvalue weighted by atomic mass is 9.96. The highest BCUT2D eigenvalue weighted by Crippen LogP contribution is 2.34. The fourth-order valence-electron chi connectivity index (χ4n) is 2.95. The molecule has 3 rings (SSSR count). The van der Waals surface area contributed by atoms with Gasteiger partial charge < -0.3 is 15.1 Å². The van der Waals surface area contributed by atoms with E-state index >= 15 is 0 Å². The summed E-state index contributed by atoms with van der Waals surface area (Å²) in [5.74, 6) is -0.687. The fraction of sp³-hybridized carbons (Fsp3) is 0.250. The van der Waals surface area contributed by atoms with Crippen LogP contribution in [0.3, 0.4) is 0 Å². The van der Waals surface area contributed by atoms with Gasteiger partial charge in [-0.25, -0.2) is 0 Å². The first-order valence-electron chi connectivity index (χ1n) is 8.70. The maximum absolute atomic E-state index is 12.5. The maximum atomic E-state index is 12.5. The monoisotopic (exact) mass is 453 g/mol. The van der Waals surface area contributed by atoms with Crippen molar-refractivity contribution in [2.45, 2.75) is 17.4 Å². The molecule has 0 spiro atoms. The molecule has 2 aromatic rings. The molecule has 0 bridgehead atoms. The van der Waals surface area contributed by atoms with Gasteiger partial charge in [-0.15, -0.1) is 0 Å². The summed E-state index contributed by atoms with van der Waals surface area (Å²) in [4.78, 5) is 30.2. The molecule has 1 N–H and O–H groups in total. The van der Waals surface area contributed by atoms with E-state index in [4.69, 9.17) is 39.6 Å². The minimum Gasteiger partial charge on any atom is -0.387 e. The van der Waals surface area contributed by atoms with E-state index in [2.05, 4.69) is 10.5 Å². The smallest absolute Gasteiger partial charge is 0.257 e. The molecule has 0 saturated carbocycles. The molecule has 2 aromatic carbocycles. The first kappa shape index (κ1) is 21.4. The number of carbonyl (C=O) groups excluding carboxylic acids is 2. The summed E-state index contributed by atoms with van der Waals surface area (Å²) in [6.07, 6.45) is 0.0332. The van der Waals surface area contributed by atoms with E-state index in [1.807, 2.05) is 6.07 Å². The molecule has 0 radical (unpaired) electrons. The van der Waals surface area contributed by atoms with Gasteiger partial charge >= 0.3 is 0 Å². The Hall–Kier alpha value is -2.28. The SMILES string of the molecule is CN(C)C(=O)c1cccc(Cl)c1C1=NOC(c2cccc(NC(=O)C(Cl)Cl)c2)C1. The number of benzene rings is 2. The van der Waals surface area contributed by atoms with Crippen LogP contribution in [0.25, 0.3) is 0 Å². The second-order valence-corrected chi connectivity index (χ2v) is 8.12. The molecule has 0 aromatic heterocycles. The number of rotatable bonds is 5. The van der Waals surface area contributed by atoms with Gasteiger partial charge in [-0.1, -0.05) is 58.2 Å². The van der Waals surface area contributed by atoms with Crippen LogP contribution in [0.1, 0.15) is 34.0 Å². The third-order valence-electron chi connectivity index (χ3n) is 4.33. The van der Waals surface area contributed by atoms with Crippen molar-refractivity contribution in [1.29, 1.82) is 0 Å². The van der Waals surface area contributed by atoms with Crippen molar-refractivity contribution in [1.82, 2.24) is 4.90 Å². The molecule has 29 heavy (non-hydrogen) atoms. The largest absolute Gasteiger partial charge is 0.387 e. The first-order valence-corrected chi connectivity index (χ1v) is 9.95. The van der Waals surface area contributed by atoms with Crippen molar-refractivity contribution in [2.75, 3.05) is 19.4 Å². The number of oxime groups is 1. The maximum Gasteiger partial charge on any atom is 0.257 e. The summed E-state index contributed by atoms with van der Waals surface area (Å²) < 4.78 is 0. The van der Waals surface area contributed by atoms with Crippen LogP contribution >= 0.6 is 34.8 Å². The van der Waals surface area contributed by atoms with Crippen LogP contribution in [0.2, 0.25) is 5.02 Å². The Morgan fingerprint density at radius 2 is 1.93 bits per heavy atom. The molecule has 1 heterocycles. The van der Waals surface area contributed by atoms with Crippen molar-refractivity contribution in [3.05, 3.63) is 64.2 Å². The fourth-order valence-corrected chi connectivity index (χ4v) is 3.35. The molecule has 9 heteroatoms. The summed E-state index contributed by atoms with van der Waals surface area (Å²) in [7, 11) is 3.35. The van der Waals surface area contributed by atoms with E-state index in [-0.39, 0.29) is 12.0 Å². The quantitative estimate of drug-likeness (QED) is 0.669. The molecule has 152 valence electrons. The number of nitrogens with one attached hydrogen (secondary N) is 1. The topological polar surface area (TPSA) is 71.0 Å². The van der Waals surface area contributed by atoms with Gasteiger partial charge in [0.2, 0.25) is 0 Å². The summed E-state index contributed by atoms with van der Waals surface area (Å²) in [6, 6.07) is 12.3. The van der Waals surface area contributed by atoms with Gasteiger partial charge in [0.1, 0.15) is 0 Å². The first-order chi connectivity index (χ1) is 13.8. The number of nitrogens with zero attached hydrogens (tertiary/aromatic N) is 2. The van der Waals surface area contributed by atoms with Crippen LogP contribution in [0, 0.1) is 0 Å². The summed E-state index contributed by atoms with van der Waals surface area (Å²) >= 11 is 17.5. The molecule has 1 aliphatic heterocycles. The minimum absolute atomic E-state index is 0.171. The highest BCUT2D eigenvalue weighted by Gasteiger charge is 2.29. The van der Waals surface area contributed by atoms with Crippen molar-refractivity contribution in [3.8, 4) is 0 Å². The van der Waals surface area contributed by atoms with Gasteiger partial charge in [-0.2, -0.15) is 0 Å². The minimum atomic E-state index is -1.16. The van der Waals surface area contributed by atoms with Crippen LogP contribution in [-0.4, -0.2) is 41.4 Å². The Labute approximate surface area is 183 Å². The third kappa shape index (κ3) is 4.83. The summed E-state index contributed by atoms with van der Waals surface area (Å²) in [6.45, 7) is 0. The molecule has 0 aliphatic carbocycles. The van der Waals surface area contributed by atoms with Crippen molar-refractivity contribution >= 4 is 58.0 Å².